The molecule has 0 spiro atoms. The van der Waals surface area contributed by atoms with Crippen LogP contribution in [0.4, 0.5) is 5.69 Å². The minimum Gasteiger partial charge on any atom is -0.385 e. The molecule has 17 heavy (non-hydrogen) atoms. The summed E-state index contributed by atoms with van der Waals surface area (Å²) in [7, 11) is 0. The number of para-hydroxylation sites is 1. The molecule has 1 aromatic carbocycles. The van der Waals surface area contributed by atoms with Crippen LogP contribution < -0.4 is 5.32 Å². The molecule has 2 rings (SSSR count). The van der Waals surface area contributed by atoms with Gasteiger partial charge in [-0.05, 0) is 18.4 Å². The van der Waals surface area contributed by atoms with E-state index in [-0.39, 0.29) is 0 Å². The molecule has 4 nitrogen and oxygen atoms in total. The van der Waals surface area contributed by atoms with Crippen LogP contribution in [0.1, 0.15) is 11.7 Å². The van der Waals surface area contributed by atoms with E-state index in [0.29, 0.717) is 5.89 Å². The van der Waals surface area contributed by atoms with E-state index in [4.69, 9.17) is 4.52 Å². The van der Waals surface area contributed by atoms with Crippen LogP contribution in [-0.4, -0.2) is 22.9 Å². The molecule has 1 heterocycles. The molecule has 0 radical (unpaired) electrons. The normalized spacial score (nSPS) is 10.4. The predicted molar refractivity (Wildman–Crippen MR) is 70.2 cm³/mol. The van der Waals surface area contributed by atoms with Gasteiger partial charge >= 0.3 is 0 Å². The fourth-order valence-electron chi connectivity index (χ4n) is 1.45. The third kappa shape index (κ3) is 3.78. The molecule has 0 amide bonds. The summed E-state index contributed by atoms with van der Waals surface area (Å²) >= 11 is 1.69. The molecule has 0 saturated heterocycles. The molecule has 0 aliphatic rings. The zero-order valence-corrected chi connectivity index (χ0v) is 10.5. The van der Waals surface area contributed by atoms with Gasteiger partial charge in [0, 0.05) is 18.7 Å². The lowest BCUT2D eigenvalue weighted by Gasteiger charge is -2.02. The van der Waals surface area contributed by atoms with Gasteiger partial charge < -0.3 is 9.84 Å². The van der Waals surface area contributed by atoms with Crippen molar-refractivity contribution < 1.29 is 4.52 Å². The zero-order valence-electron chi connectivity index (χ0n) is 9.72. The summed E-state index contributed by atoms with van der Waals surface area (Å²) in [5.74, 6) is 2.26. The fourth-order valence-corrected chi connectivity index (χ4v) is 1.82. The van der Waals surface area contributed by atoms with Crippen LogP contribution in [0.2, 0.25) is 0 Å². The van der Waals surface area contributed by atoms with Crippen LogP contribution in [0.3, 0.4) is 0 Å². The summed E-state index contributed by atoms with van der Waals surface area (Å²) in [4.78, 5) is 4.29. The zero-order chi connectivity index (χ0) is 11.9. The van der Waals surface area contributed by atoms with Gasteiger partial charge in [-0.1, -0.05) is 23.4 Å². The SMILES string of the molecule is CSCc1noc(CCNc2ccccc2)n1. The van der Waals surface area contributed by atoms with Crippen LogP contribution in [0.15, 0.2) is 34.9 Å². The minimum absolute atomic E-state index is 0.692. The number of aromatic nitrogens is 2. The van der Waals surface area contributed by atoms with E-state index < -0.39 is 0 Å². The van der Waals surface area contributed by atoms with Crippen molar-refractivity contribution in [2.24, 2.45) is 0 Å². The van der Waals surface area contributed by atoms with Crippen LogP contribution in [-0.2, 0) is 12.2 Å². The van der Waals surface area contributed by atoms with Gasteiger partial charge in [0.25, 0.3) is 0 Å². The first-order valence-electron chi connectivity index (χ1n) is 5.48. The van der Waals surface area contributed by atoms with Gasteiger partial charge in [-0.2, -0.15) is 16.7 Å². The summed E-state index contributed by atoms with van der Waals surface area (Å²) in [6, 6.07) is 10.1. The smallest absolute Gasteiger partial charge is 0.228 e. The predicted octanol–water partition coefficient (Wildman–Crippen LogP) is 2.59. The Balaban J connectivity index is 1.78. The van der Waals surface area contributed by atoms with Gasteiger partial charge in [-0.3, -0.25) is 0 Å². The summed E-state index contributed by atoms with van der Waals surface area (Å²) in [6.07, 6.45) is 2.77. The van der Waals surface area contributed by atoms with E-state index in [1.165, 1.54) is 0 Å². The molecule has 1 N–H and O–H groups in total. The fraction of sp³-hybridized carbons (Fsp3) is 0.333. The number of rotatable bonds is 6. The molecule has 5 heteroatoms. The summed E-state index contributed by atoms with van der Waals surface area (Å²) in [6.45, 7) is 0.797. The van der Waals surface area contributed by atoms with Crippen molar-refractivity contribution in [3.8, 4) is 0 Å². The first-order valence-corrected chi connectivity index (χ1v) is 6.87. The lowest BCUT2D eigenvalue weighted by Crippen LogP contribution is -2.04. The molecule has 0 atom stereocenters. The topological polar surface area (TPSA) is 51.0 Å². The molecule has 0 aliphatic heterocycles. The lowest BCUT2D eigenvalue weighted by atomic mass is 10.3. The Morgan fingerprint density at radius 2 is 2.12 bits per heavy atom. The number of hydrogen-bond donors (Lipinski definition) is 1. The Bertz CT molecular complexity index is 444. The molecule has 2 aromatic rings. The average Bonchev–Trinajstić information content (AvgIpc) is 2.79. The third-order valence-corrected chi connectivity index (χ3v) is 2.77. The third-order valence-electron chi connectivity index (χ3n) is 2.23. The van der Waals surface area contributed by atoms with E-state index in [1.807, 2.05) is 36.6 Å². The Morgan fingerprint density at radius 1 is 1.29 bits per heavy atom. The molecule has 0 fully saturated rings. The standard InChI is InChI=1S/C12H15N3OS/c1-17-9-11-14-12(16-15-11)7-8-13-10-5-3-2-4-6-10/h2-6,13H,7-9H2,1H3. The second-order valence-electron chi connectivity index (χ2n) is 3.58. The van der Waals surface area contributed by atoms with Crippen molar-refractivity contribution in [3.63, 3.8) is 0 Å². The van der Waals surface area contributed by atoms with E-state index >= 15 is 0 Å². The van der Waals surface area contributed by atoms with E-state index in [1.54, 1.807) is 11.8 Å². The second-order valence-corrected chi connectivity index (χ2v) is 4.45. The number of nitrogens with one attached hydrogen (secondary N) is 1. The highest BCUT2D eigenvalue weighted by molar-refractivity contribution is 7.97. The van der Waals surface area contributed by atoms with Gasteiger partial charge in [-0.15, -0.1) is 0 Å². The van der Waals surface area contributed by atoms with Gasteiger partial charge in [0.2, 0.25) is 5.89 Å². The molecule has 1 aromatic heterocycles. The van der Waals surface area contributed by atoms with Crippen molar-refractivity contribution in [3.05, 3.63) is 42.0 Å². The van der Waals surface area contributed by atoms with Gasteiger partial charge in [0.1, 0.15) is 0 Å². The van der Waals surface area contributed by atoms with E-state index in [2.05, 4.69) is 15.5 Å². The van der Waals surface area contributed by atoms with Crippen LogP contribution in [0.25, 0.3) is 0 Å². The molecule has 0 bridgehead atoms. The van der Waals surface area contributed by atoms with Crippen LogP contribution in [0, 0.1) is 0 Å². The molecular weight excluding hydrogens is 234 g/mol. The van der Waals surface area contributed by atoms with Gasteiger partial charge in [0.05, 0.1) is 5.75 Å². The Kier molecular flexibility index (Phi) is 4.44. The molecule has 0 aliphatic carbocycles. The molecule has 0 saturated carbocycles. The van der Waals surface area contributed by atoms with Gasteiger partial charge in [0.15, 0.2) is 5.82 Å². The number of thioether (sulfide) groups is 1. The van der Waals surface area contributed by atoms with E-state index in [0.717, 1.165) is 30.2 Å². The van der Waals surface area contributed by atoms with Crippen molar-refractivity contribution >= 4 is 17.4 Å². The number of anilines is 1. The molecule has 0 unspecified atom stereocenters. The number of benzene rings is 1. The number of nitrogens with zero attached hydrogens (tertiary/aromatic N) is 2. The first-order chi connectivity index (χ1) is 8.38. The monoisotopic (exact) mass is 249 g/mol. The van der Waals surface area contributed by atoms with Crippen LogP contribution in [0.5, 0.6) is 0 Å². The highest BCUT2D eigenvalue weighted by Gasteiger charge is 2.04. The second kappa shape index (κ2) is 6.30. The van der Waals surface area contributed by atoms with Crippen molar-refractivity contribution in [1.29, 1.82) is 0 Å². The van der Waals surface area contributed by atoms with Gasteiger partial charge in [-0.25, -0.2) is 0 Å². The van der Waals surface area contributed by atoms with Crippen molar-refractivity contribution in [2.45, 2.75) is 12.2 Å². The van der Waals surface area contributed by atoms with Crippen LogP contribution >= 0.6 is 11.8 Å². The molecule has 90 valence electrons. The maximum atomic E-state index is 5.14. The Hall–Kier alpha value is -1.49. The maximum Gasteiger partial charge on any atom is 0.228 e. The number of hydrogen-bond acceptors (Lipinski definition) is 5. The minimum atomic E-state index is 0.692. The quantitative estimate of drug-likeness (QED) is 0.852. The maximum absolute atomic E-state index is 5.14. The summed E-state index contributed by atoms with van der Waals surface area (Å²) < 4.78 is 5.14. The van der Waals surface area contributed by atoms with Crippen molar-refractivity contribution in [1.82, 2.24) is 10.1 Å². The largest absolute Gasteiger partial charge is 0.385 e. The first kappa shape index (κ1) is 12.0. The summed E-state index contributed by atoms with van der Waals surface area (Å²) in [5.41, 5.74) is 1.11. The highest BCUT2D eigenvalue weighted by Crippen LogP contribution is 2.07. The lowest BCUT2D eigenvalue weighted by molar-refractivity contribution is 0.376. The molecular formula is C12H15N3OS. The Labute approximate surface area is 105 Å². The summed E-state index contributed by atoms with van der Waals surface area (Å²) in [5, 5.41) is 7.20. The van der Waals surface area contributed by atoms with E-state index in [9.17, 15) is 0 Å². The highest BCUT2D eigenvalue weighted by atomic mass is 32.2. The Morgan fingerprint density at radius 3 is 2.88 bits per heavy atom. The average molecular weight is 249 g/mol. The van der Waals surface area contributed by atoms with Crippen molar-refractivity contribution in [2.75, 3.05) is 18.1 Å².